The Labute approximate surface area is 109 Å². The van der Waals surface area contributed by atoms with Crippen LogP contribution in [0.3, 0.4) is 0 Å². The SMILES string of the molecule is CCc1ccccc1C(=O)N(C)[C@H]1CCCNC1. The van der Waals surface area contributed by atoms with E-state index < -0.39 is 0 Å². The lowest BCUT2D eigenvalue weighted by atomic mass is 10.0. The van der Waals surface area contributed by atoms with Crippen molar-refractivity contribution in [1.82, 2.24) is 10.2 Å². The van der Waals surface area contributed by atoms with Gasteiger partial charge in [-0.05, 0) is 37.4 Å². The van der Waals surface area contributed by atoms with Crippen LogP contribution in [-0.2, 0) is 6.42 Å². The summed E-state index contributed by atoms with van der Waals surface area (Å²) in [7, 11) is 1.92. The molecule has 1 aromatic carbocycles. The third-order valence-electron chi connectivity index (χ3n) is 3.77. The van der Waals surface area contributed by atoms with Crippen molar-refractivity contribution < 1.29 is 4.79 Å². The highest BCUT2D eigenvalue weighted by Crippen LogP contribution is 2.16. The third-order valence-corrected chi connectivity index (χ3v) is 3.77. The second-order valence-corrected chi connectivity index (χ2v) is 4.93. The van der Waals surface area contributed by atoms with E-state index in [1.165, 1.54) is 0 Å². The predicted molar refractivity (Wildman–Crippen MR) is 73.8 cm³/mol. The van der Waals surface area contributed by atoms with Crippen molar-refractivity contribution in [2.45, 2.75) is 32.2 Å². The molecular formula is C15H22N2O. The first kappa shape index (κ1) is 13.1. The Bertz CT molecular complexity index is 411. The van der Waals surface area contributed by atoms with Gasteiger partial charge in [-0.1, -0.05) is 25.1 Å². The van der Waals surface area contributed by atoms with Crippen molar-refractivity contribution in [3.63, 3.8) is 0 Å². The molecule has 0 aliphatic carbocycles. The molecule has 3 nitrogen and oxygen atoms in total. The minimum Gasteiger partial charge on any atom is -0.337 e. The number of aryl methyl sites for hydroxylation is 1. The first-order valence-corrected chi connectivity index (χ1v) is 6.79. The summed E-state index contributed by atoms with van der Waals surface area (Å²) >= 11 is 0. The molecule has 1 saturated heterocycles. The van der Waals surface area contributed by atoms with Crippen molar-refractivity contribution >= 4 is 5.91 Å². The molecule has 2 rings (SSSR count). The zero-order valence-corrected chi connectivity index (χ0v) is 11.3. The van der Waals surface area contributed by atoms with Crippen molar-refractivity contribution in [2.24, 2.45) is 0 Å². The van der Waals surface area contributed by atoms with Gasteiger partial charge in [-0.3, -0.25) is 4.79 Å². The summed E-state index contributed by atoms with van der Waals surface area (Å²) < 4.78 is 0. The highest BCUT2D eigenvalue weighted by molar-refractivity contribution is 5.95. The average Bonchev–Trinajstić information content (AvgIpc) is 2.46. The number of hydrogen-bond acceptors (Lipinski definition) is 2. The number of likely N-dealkylation sites (N-methyl/N-ethyl adjacent to an activating group) is 1. The first-order chi connectivity index (χ1) is 8.74. The van der Waals surface area contributed by atoms with Crippen LogP contribution in [0, 0.1) is 0 Å². The van der Waals surface area contributed by atoms with Crippen LogP contribution in [-0.4, -0.2) is 37.0 Å². The van der Waals surface area contributed by atoms with Gasteiger partial charge in [0.1, 0.15) is 0 Å². The van der Waals surface area contributed by atoms with Gasteiger partial charge < -0.3 is 10.2 Å². The lowest BCUT2D eigenvalue weighted by Gasteiger charge is -2.32. The quantitative estimate of drug-likeness (QED) is 0.885. The molecule has 1 aliphatic rings. The number of nitrogens with zero attached hydrogens (tertiary/aromatic N) is 1. The van der Waals surface area contributed by atoms with Gasteiger partial charge in [0.15, 0.2) is 0 Å². The topological polar surface area (TPSA) is 32.3 Å². The van der Waals surface area contributed by atoms with Crippen LogP contribution in [0.1, 0.15) is 35.7 Å². The fourth-order valence-electron chi connectivity index (χ4n) is 2.56. The van der Waals surface area contributed by atoms with Crippen LogP contribution in [0.15, 0.2) is 24.3 Å². The Balaban J connectivity index is 2.14. The lowest BCUT2D eigenvalue weighted by Crippen LogP contribution is -2.46. The van der Waals surface area contributed by atoms with Crippen molar-refractivity contribution in [1.29, 1.82) is 0 Å². The molecule has 1 heterocycles. The molecule has 1 aromatic rings. The largest absolute Gasteiger partial charge is 0.337 e. The standard InChI is InChI=1S/C15H22N2O/c1-3-12-7-4-5-9-14(12)15(18)17(2)13-8-6-10-16-11-13/h4-5,7,9,13,16H,3,6,8,10-11H2,1-2H3/t13-/m0/s1. The molecule has 0 spiro atoms. The lowest BCUT2D eigenvalue weighted by molar-refractivity contribution is 0.0707. The first-order valence-electron chi connectivity index (χ1n) is 6.79. The van der Waals surface area contributed by atoms with E-state index in [2.05, 4.69) is 12.2 Å². The molecular weight excluding hydrogens is 224 g/mol. The second kappa shape index (κ2) is 6.01. The predicted octanol–water partition coefficient (Wildman–Crippen LogP) is 2.07. The molecule has 1 fully saturated rings. The molecule has 0 unspecified atom stereocenters. The van der Waals surface area contributed by atoms with Crippen molar-refractivity contribution in [3.05, 3.63) is 35.4 Å². The van der Waals surface area contributed by atoms with E-state index in [4.69, 9.17) is 0 Å². The zero-order chi connectivity index (χ0) is 13.0. The molecule has 18 heavy (non-hydrogen) atoms. The third kappa shape index (κ3) is 2.72. The number of carbonyl (C=O) groups excluding carboxylic acids is 1. The number of amides is 1. The van der Waals surface area contributed by atoms with Gasteiger partial charge in [0, 0.05) is 25.2 Å². The van der Waals surface area contributed by atoms with Gasteiger partial charge in [-0.25, -0.2) is 0 Å². The van der Waals surface area contributed by atoms with Gasteiger partial charge in [-0.2, -0.15) is 0 Å². The number of carbonyl (C=O) groups is 1. The maximum atomic E-state index is 12.5. The van der Waals surface area contributed by atoms with Crippen LogP contribution in [0.2, 0.25) is 0 Å². The monoisotopic (exact) mass is 246 g/mol. The van der Waals surface area contributed by atoms with Crippen molar-refractivity contribution in [2.75, 3.05) is 20.1 Å². The molecule has 0 saturated carbocycles. The van der Waals surface area contributed by atoms with Gasteiger partial charge in [0.05, 0.1) is 0 Å². The smallest absolute Gasteiger partial charge is 0.254 e. The molecule has 0 radical (unpaired) electrons. The van der Waals surface area contributed by atoms with Crippen LogP contribution < -0.4 is 5.32 Å². The summed E-state index contributed by atoms with van der Waals surface area (Å²) in [4.78, 5) is 14.4. The van der Waals surface area contributed by atoms with E-state index in [0.717, 1.165) is 43.5 Å². The molecule has 0 aromatic heterocycles. The van der Waals surface area contributed by atoms with Crippen LogP contribution in [0.4, 0.5) is 0 Å². The number of piperidine rings is 1. The van der Waals surface area contributed by atoms with Crippen LogP contribution in [0.25, 0.3) is 0 Å². The summed E-state index contributed by atoms with van der Waals surface area (Å²) in [6, 6.07) is 8.25. The Kier molecular flexibility index (Phi) is 4.37. The van der Waals surface area contributed by atoms with E-state index >= 15 is 0 Å². The minimum atomic E-state index is 0.154. The Morgan fingerprint density at radius 3 is 2.89 bits per heavy atom. The van der Waals surface area contributed by atoms with E-state index in [-0.39, 0.29) is 5.91 Å². The number of rotatable bonds is 3. The second-order valence-electron chi connectivity index (χ2n) is 4.93. The van der Waals surface area contributed by atoms with E-state index in [9.17, 15) is 4.79 Å². The van der Waals surface area contributed by atoms with E-state index in [1.54, 1.807) is 0 Å². The molecule has 1 atom stereocenters. The maximum Gasteiger partial charge on any atom is 0.254 e. The van der Waals surface area contributed by atoms with Gasteiger partial charge in [-0.15, -0.1) is 0 Å². The maximum absolute atomic E-state index is 12.5. The zero-order valence-electron chi connectivity index (χ0n) is 11.3. The number of hydrogen-bond donors (Lipinski definition) is 1. The summed E-state index contributed by atoms with van der Waals surface area (Å²) in [5, 5.41) is 3.36. The number of nitrogens with one attached hydrogen (secondary N) is 1. The summed E-state index contributed by atoms with van der Waals surface area (Å²) in [6.07, 6.45) is 3.15. The normalized spacial score (nSPS) is 19.6. The fraction of sp³-hybridized carbons (Fsp3) is 0.533. The summed E-state index contributed by atoms with van der Waals surface area (Å²) in [6.45, 7) is 4.08. The Hall–Kier alpha value is -1.35. The number of benzene rings is 1. The van der Waals surface area contributed by atoms with Crippen LogP contribution in [0.5, 0.6) is 0 Å². The fourth-order valence-corrected chi connectivity index (χ4v) is 2.56. The highest BCUT2D eigenvalue weighted by atomic mass is 16.2. The van der Waals surface area contributed by atoms with Crippen LogP contribution >= 0.6 is 0 Å². The molecule has 1 N–H and O–H groups in total. The molecule has 3 heteroatoms. The molecule has 1 amide bonds. The highest BCUT2D eigenvalue weighted by Gasteiger charge is 2.23. The van der Waals surface area contributed by atoms with E-state index in [1.807, 2.05) is 36.2 Å². The van der Waals surface area contributed by atoms with Gasteiger partial charge in [0.2, 0.25) is 0 Å². The van der Waals surface area contributed by atoms with Crippen molar-refractivity contribution in [3.8, 4) is 0 Å². The summed E-state index contributed by atoms with van der Waals surface area (Å²) in [5.41, 5.74) is 1.99. The molecule has 98 valence electrons. The molecule has 1 aliphatic heterocycles. The molecule has 0 bridgehead atoms. The minimum absolute atomic E-state index is 0.154. The van der Waals surface area contributed by atoms with Gasteiger partial charge >= 0.3 is 0 Å². The van der Waals surface area contributed by atoms with Gasteiger partial charge in [0.25, 0.3) is 5.91 Å². The Morgan fingerprint density at radius 2 is 2.22 bits per heavy atom. The summed E-state index contributed by atoms with van der Waals surface area (Å²) in [5.74, 6) is 0.154. The average molecular weight is 246 g/mol. The Morgan fingerprint density at radius 1 is 1.44 bits per heavy atom. The van der Waals surface area contributed by atoms with E-state index in [0.29, 0.717) is 6.04 Å².